The van der Waals surface area contributed by atoms with Gasteiger partial charge in [-0.05, 0) is 32.6 Å². The van der Waals surface area contributed by atoms with E-state index in [4.69, 9.17) is 4.98 Å². The zero-order valence-electron chi connectivity index (χ0n) is 12.5. The van der Waals surface area contributed by atoms with E-state index in [1.807, 2.05) is 0 Å². The molecule has 0 atom stereocenters. The molecule has 0 saturated carbocycles. The summed E-state index contributed by atoms with van der Waals surface area (Å²) in [4.78, 5) is 13.9. The third-order valence-electron chi connectivity index (χ3n) is 3.70. The van der Waals surface area contributed by atoms with E-state index in [0.29, 0.717) is 0 Å². The highest BCUT2D eigenvalue weighted by atomic mass is 15.3. The molecule has 1 saturated heterocycles. The lowest BCUT2D eigenvalue weighted by Gasteiger charge is -2.29. The second kappa shape index (κ2) is 6.73. The van der Waals surface area contributed by atoms with Crippen molar-refractivity contribution in [2.75, 3.05) is 36.5 Å². The number of rotatable bonds is 5. The molecule has 1 aromatic rings. The normalized spacial score (nSPS) is 15.6. The molecular formula is C15H26N4. The van der Waals surface area contributed by atoms with Gasteiger partial charge in [0.05, 0.1) is 0 Å². The predicted octanol–water partition coefficient (Wildman–Crippen LogP) is 3.01. The quantitative estimate of drug-likeness (QED) is 0.816. The molecule has 0 unspecified atom stereocenters. The van der Waals surface area contributed by atoms with Crippen LogP contribution < -0.4 is 9.80 Å². The Morgan fingerprint density at radius 3 is 2.63 bits per heavy atom. The van der Waals surface area contributed by atoms with E-state index >= 15 is 0 Å². The molecule has 1 aliphatic rings. The fourth-order valence-corrected chi connectivity index (χ4v) is 2.49. The molecule has 106 valence electrons. The highest BCUT2D eigenvalue weighted by Gasteiger charge is 2.15. The summed E-state index contributed by atoms with van der Waals surface area (Å²) in [5.41, 5.74) is 1.06. The summed E-state index contributed by atoms with van der Waals surface area (Å²) in [6.45, 7) is 7.57. The molecule has 0 amide bonds. The van der Waals surface area contributed by atoms with Gasteiger partial charge in [-0.2, -0.15) is 4.98 Å². The topological polar surface area (TPSA) is 32.3 Å². The van der Waals surface area contributed by atoms with Crippen molar-refractivity contribution in [1.29, 1.82) is 0 Å². The first-order valence-electron chi connectivity index (χ1n) is 7.52. The second-order valence-electron chi connectivity index (χ2n) is 5.49. The van der Waals surface area contributed by atoms with Crippen molar-refractivity contribution in [3.63, 3.8) is 0 Å². The standard InChI is InChI=1S/C15H26N4/c1-4-5-9-18(3)15-16-13(2)12-14(17-15)19-10-7-6-8-11-19/h12H,4-11H2,1-3H3. The predicted molar refractivity (Wildman–Crippen MR) is 81.0 cm³/mol. The van der Waals surface area contributed by atoms with Gasteiger partial charge in [0.25, 0.3) is 0 Å². The summed E-state index contributed by atoms with van der Waals surface area (Å²) < 4.78 is 0. The second-order valence-corrected chi connectivity index (χ2v) is 5.49. The molecule has 2 heterocycles. The maximum atomic E-state index is 4.75. The van der Waals surface area contributed by atoms with Crippen molar-refractivity contribution in [2.24, 2.45) is 0 Å². The number of piperidine rings is 1. The van der Waals surface area contributed by atoms with Crippen LogP contribution in [0.1, 0.15) is 44.7 Å². The molecular weight excluding hydrogens is 236 g/mol. The van der Waals surface area contributed by atoms with Crippen LogP contribution in [0.3, 0.4) is 0 Å². The van der Waals surface area contributed by atoms with Crippen LogP contribution in [0.5, 0.6) is 0 Å². The summed E-state index contributed by atoms with van der Waals surface area (Å²) in [5.74, 6) is 1.97. The first-order chi connectivity index (χ1) is 9.20. The first kappa shape index (κ1) is 14.1. The highest BCUT2D eigenvalue weighted by Crippen LogP contribution is 2.20. The Bertz CT molecular complexity index is 399. The molecule has 0 bridgehead atoms. The van der Waals surface area contributed by atoms with Crippen LogP contribution in [0.4, 0.5) is 11.8 Å². The monoisotopic (exact) mass is 262 g/mol. The minimum absolute atomic E-state index is 0.869. The SMILES string of the molecule is CCCCN(C)c1nc(C)cc(N2CCCCC2)n1. The molecule has 0 N–H and O–H groups in total. The van der Waals surface area contributed by atoms with E-state index in [1.165, 1.54) is 32.1 Å². The summed E-state index contributed by atoms with van der Waals surface area (Å²) in [5, 5.41) is 0. The van der Waals surface area contributed by atoms with Crippen LogP contribution in [0.25, 0.3) is 0 Å². The zero-order chi connectivity index (χ0) is 13.7. The maximum Gasteiger partial charge on any atom is 0.227 e. The lowest BCUT2D eigenvalue weighted by molar-refractivity contribution is 0.572. The van der Waals surface area contributed by atoms with Crippen molar-refractivity contribution in [1.82, 2.24) is 9.97 Å². The minimum atomic E-state index is 0.869. The number of anilines is 2. The highest BCUT2D eigenvalue weighted by molar-refractivity contribution is 5.45. The number of aryl methyl sites for hydroxylation is 1. The lowest BCUT2D eigenvalue weighted by Crippen LogP contribution is -2.31. The van der Waals surface area contributed by atoms with Crippen LogP contribution in [0, 0.1) is 6.92 Å². The molecule has 1 aliphatic heterocycles. The van der Waals surface area contributed by atoms with E-state index in [1.54, 1.807) is 0 Å². The van der Waals surface area contributed by atoms with Crippen LogP contribution in [-0.2, 0) is 0 Å². The third kappa shape index (κ3) is 3.82. The molecule has 2 rings (SSSR count). The summed E-state index contributed by atoms with van der Waals surface area (Å²) in [7, 11) is 2.09. The molecule has 1 aromatic heterocycles. The lowest BCUT2D eigenvalue weighted by atomic mass is 10.1. The van der Waals surface area contributed by atoms with Gasteiger partial charge in [0.15, 0.2) is 0 Å². The molecule has 1 fully saturated rings. The summed E-state index contributed by atoms with van der Waals surface area (Å²) in [6.07, 6.45) is 6.31. The number of hydrogen-bond acceptors (Lipinski definition) is 4. The van der Waals surface area contributed by atoms with E-state index in [0.717, 1.165) is 37.1 Å². The Morgan fingerprint density at radius 1 is 1.21 bits per heavy atom. The Balaban J connectivity index is 2.13. The van der Waals surface area contributed by atoms with Gasteiger partial charge in [-0.1, -0.05) is 13.3 Å². The number of unbranched alkanes of at least 4 members (excludes halogenated alkanes) is 1. The largest absolute Gasteiger partial charge is 0.356 e. The van der Waals surface area contributed by atoms with Crippen molar-refractivity contribution in [2.45, 2.75) is 46.0 Å². The first-order valence-corrected chi connectivity index (χ1v) is 7.52. The van der Waals surface area contributed by atoms with Gasteiger partial charge in [-0.25, -0.2) is 4.98 Å². The molecule has 4 heteroatoms. The third-order valence-corrected chi connectivity index (χ3v) is 3.70. The summed E-state index contributed by atoms with van der Waals surface area (Å²) >= 11 is 0. The Hall–Kier alpha value is -1.32. The minimum Gasteiger partial charge on any atom is -0.356 e. The van der Waals surface area contributed by atoms with Crippen molar-refractivity contribution < 1.29 is 0 Å². The van der Waals surface area contributed by atoms with Crippen LogP contribution in [0.15, 0.2) is 6.07 Å². The fourth-order valence-electron chi connectivity index (χ4n) is 2.49. The maximum absolute atomic E-state index is 4.75. The fraction of sp³-hybridized carbons (Fsp3) is 0.733. The molecule has 4 nitrogen and oxygen atoms in total. The van der Waals surface area contributed by atoms with Gasteiger partial charge in [-0.15, -0.1) is 0 Å². The molecule has 19 heavy (non-hydrogen) atoms. The van der Waals surface area contributed by atoms with Gasteiger partial charge < -0.3 is 9.80 Å². The smallest absolute Gasteiger partial charge is 0.227 e. The average Bonchev–Trinajstić information content (AvgIpc) is 2.45. The van der Waals surface area contributed by atoms with Crippen molar-refractivity contribution >= 4 is 11.8 Å². The van der Waals surface area contributed by atoms with Gasteiger partial charge in [0.2, 0.25) is 5.95 Å². The number of aromatic nitrogens is 2. The van der Waals surface area contributed by atoms with E-state index in [-0.39, 0.29) is 0 Å². The Morgan fingerprint density at radius 2 is 1.95 bits per heavy atom. The van der Waals surface area contributed by atoms with Gasteiger partial charge in [0, 0.05) is 38.4 Å². The van der Waals surface area contributed by atoms with E-state index < -0.39 is 0 Å². The number of hydrogen-bond donors (Lipinski definition) is 0. The summed E-state index contributed by atoms with van der Waals surface area (Å²) in [6, 6.07) is 2.11. The molecule has 0 radical (unpaired) electrons. The molecule has 0 spiro atoms. The number of nitrogens with zero attached hydrogens (tertiary/aromatic N) is 4. The van der Waals surface area contributed by atoms with Gasteiger partial charge >= 0.3 is 0 Å². The Kier molecular flexibility index (Phi) is 5.00. The van der Waals surface area contributed by atoms with Crippen molar-refractivity contribution in [3.8, 4) is 0 Å². The van der Waals surface area contributed by atoms with Crippen LogP contribution in [0.2, 0.25) is 0 Å². The zero-order valence-corrected chi connectivity index (χ0v) is 12.5. The van der Waals surface area contributed by atoms with Gasteiger partial charge in [-0.3, -0.25) is 0 Å². The average molecular weight is 262 g/mol. The van der Waals surface area contributed by atoms with Crippen LogP contribution >= 0.6 is 0 Å². The van der Waals surface area contributed by atoms with Crippen molar-refractivity contribution in [3.05, 3.63) is 11.8 Å². The molecule has 0 aromatic carbocycles. The molecule has 0 aliphatic carbocycles. The Labute approximate surface area is 116 Å². The van der Waals surface area contributed by atoms with E-state index in [9.17, 15) is 0 Å². The van der Waals surface area contributed by atoms with Crippen LogP contribution in [-0.4, -0.2) is 36.6 Å². The van der Waals surface area contributed by atoms with Gasteiger partial charge in [0.1, 0.15) is 5.82 Å². The van der Waals surface area contributed by atoms with E-state index in [2.05, 4.69) is 41.7 Å².